The van der Waals surface area contributed by atoms with Crippen LogP contribution in [-0.4, -0.2) is 45.7 Å². The molecule has 0 aromatic heterocycles. The van der Waals surface area contributed by atoms with Gasteiger partial charge in [0.05, 0.1) is 35.4 Å². The molecule has 0 aliphatic rings. The maximum atomic E-state index is 12.2. The molecule has 2 aromatic carbocycles. The summed E-state index contributed by atoms with van der Waals surface area (Å²) in [5.74, 6) is -2.55. The second-order valence-electron chi connectivity index (χ2n) is 6.13. The van der Waals surface area contributed by atoms with Crippen LogP contribution in [0.2, 0.25) is 0 Å². The summed E-state index contributed by atoms with van der Waals surface area (Å²) in [6.45, 7) is 1.22. The predicted octanol–water partition coefficient (Wildman–Crippen LogP) is 2.13. The van der Waals surface area contributed by atoms with Crippen molar-refractivity contribution in [2.75, 3.05) is 24.8 Å². The van der Waals surface area contributed by atoms with Gasteiger partial charge in [-0.3, -0.25) is 9.59 Å². The largest absolute Gasteiger partial charge is 0.465 e. The first-order valence-corrected chi connectivity index (χ1v) is 10.3. The monoisotopic (exact) mass is 419 g/mol. The van der Waals surface area contributed by atoms with Crippen molar-refractivity contribution in [3.05, 3.63) is 59.7 Å². The number of rotatable bonds is 8. The van der Waals surface area contributed by atoms with Gasteiger partial charge in [0.15, 0.2) is 16.4 Å². The molecule has 0 saturated carbocycles. The average Bonchev–Trinajstić information content (AvgIpc) is 2.71. The summed E-state index contributed by atoms with van der Waals surface area (Å²) in [5.41, 5.74) is 1.28. The molecule has 0 aliphatic heterocycles. The van der Waals surface area contributed by atoms with Gasteiger partial charge in [-0.15, -0.1) is 0 Å². The lowest BCUT2D eigenvalue weighted by Gasteiger charge is -2.10. The average molecular weight is 419 g/mol. The van der Waals surface area contributed by atoms with E-state index in [0.29, 0.717) is 0 Å². The van der Waals surface area contributed by atoms with Crippen molar-refractivity contribution in [1.82, 2.24) is 0 Å². The molecule has 8 nitrogen and oxygen atoms in total. The number of methoxy groups -OCH3 is 1. The molecule has 0 atom stereocenters. The normalized spacial score (nSPS) is 10.8. The second kappa shape index (κ2) is 9.83. The Balaban J connectivity index is 1.86. The van der Waals surface area contributed by atoms with Crippen LogP contribution in [0, 0.1) is 6.92 Å². The summed E-state index contributed by atoms with van der Waals surface area (Å²) in [7, 11) is -2.41. The fourth-order valence-electron chi connectivity index (χ4n) is 2.37. The maximum Gasteiger partial charge on any atom is 0.339 e. The number of carbonyl (C=O) groups excluding carboxylic acids is 3. The molecule has 2 rings (SSSR count). The summed E-state index contributed by atoms with van der Waals surface area (Å²) in [6, 6.07) is 12.5. The Morgan fingerprint density at radius 3 is 2.31 bits per heavy atom. The van der Waals surface area contributed by atoms with Crippen molar-refractivity contribution in [3.63, 3.8) is 0 Å². The molecule has 2 aromatic rings. The molecule has 0 bridgehead atoms. The van der Waals surface area contributed by atoms with Crippen LogP contribution < -0.4 is 5.32 Å². The molecule has 154 valence electrons. The van der Waals surface area contributed by atoms with Crippen molar-refractivity contribution in [2.45, 2.75) is 18.2 Å². The van der Waals surface area contributed by atoms with E-state index in [-0.39, 0.29) is 22.6 Å². The maximum absolute atomic E-state index is 12.2. The molecular weight excluding hydrogens is 398 g/mol. The summed E-state index contributed by atoms with van der Waals surface area (Å²) in [4.78, 5) is 35.6. The fraction of sp³-hybridized carbons (Fsp3) is 0.250. The third-order valence-electron chi connectivity index (χ3n) is 3.93. The van der Waals surface area contributed by atoms with E-state index < -0.39 is 40.0 Å². The quantitative estimate of drug-likeness (QED) is 0.652. The number of hydrogen-bond donors (Lipinski definition) is 1. The van der Waals surface area contributed by atoms with Gasteiger partial charge >= 0.3 is 11.9 Å². The molecule has 0 unspecified atom stereocenters. The van der Waals surface area contributed by atoms with Crippen molar-refractivity contribution in [3.8, 4) is 0 Å². The number of sulfone groups is 1. The van der Waals surface area contributed by atoms with Crippen LogP contribution in [0.3, 0.4) is 0 Å². The van der Waals surface area contributed by atoms with E-state index in [1.54, 1.807) is 24.3 Å². The predicted molar refractivity (Wildman–Crippen MR) is 105 cm³/mol. The highest BCUT2D eigenvalue weighted by Crippen LogP contribution is 2.16. The van der Waals surface area contributed by atoms with Crippen LogP contribution in [0.5, 0.6) is 0 Å². The smallest absolute Gasteiger partial charge is 0.339 e. The summed E-state index contributed by atoms with van der Waals surface area (Å²) in [6.07, 6.45) is -0.387. The summed E-state index contributed by atoms with van der Waals surface area (Å²) >= 11 is 0. The van der Waals surface area contributed by atoms with Gasteiger partial charge in [-0.25, -0.2) is 13.2 Å². The zero-order valence-electron chi connectivity index (χ0n) is 16.0. The number of nitrogens with one attached hydrogen (secondary N) is 1. The van der Waals surface area contributed by atoms with Gasteiger partial charge in [-0.05, 0) is 31.2 Å². The van der Waals surface area contributed by atoms with E-state index in [1.165, 1.54) is 31.4 Å². The number of aryl methyl sites for hydroxylation is 1. The van der Waals surface area contributed by atoms with E-state index in [4.69, 9.17) is 4.74 Å². The van der Waals surface area contributed by atoms with E-state index >= 15 is 0 Å². The van der Waals surface area contributed by atoms with Gasteiger partial charge in [0.2, 0.25) is 0 Å². The lowest BCUT2D eigenvalue weighted by atomic mass is 10.2. The zero-order chi connectivity index (χ0) is 21.4. The van der Waals surface area contributed by atoms with Gasteiger partial charge < -0.3 is 14.8 Å². The standard InChI is InChI=1S/C20H21NO7S/c1-14-7-9-15(10-8-14)29(25,26)12-11-19(23)28-13-18(22)21-17-6-4-3-5-16(17)20(24)27-2/h3-10H,11-13H2,1-2H3,(H,21,22). The molecule has 0 heterocycles. The zero-order valence-corrected chi connectivity index (χ0v) is 16.8. The van der Waals surface area contributed by atoms with Gasteiger partial charge in [0.25, 0.3) is 5.91 Å². The Labute approximate surface area is 168 Å². The molecule has 1 amide bonds. The number of amides is 1. The first kappa shape index (κ1) is 22.1. The number of para-hydroxylation sites is 1. The SMILES string of the molecule is COC(=O)c1ccccc1NC(=O)COC(=O)CCS(=O)(=O)c1ccc(C)cc1. The molecule has 0 radical (unpaired) electrons. The van der Waals surface area contributed by atoms with Crippen molar-refractivity contribution in [2.24, 2.45) is 0 Å². The molecule has 0 fully saturated rings. The van der Waals surface area contributed by atoms with Gasteiger partial charge in [-0.2, -0.15) is 0 Å². The molecule has 9 heteroatoms. The van der Waals surface area contributed by atoms with Crippen LogP contribution in [0.25, 0.3) is 0 Å². The summed E-state index contributed by atoms with van der Waals surface area (Å²) in [5, 5.41) is 2.45. The molecule has 1 N–H and O–H groups in total. The van der Waals surface area contributed by atoms with E-state index in [1.807, 2.05) is 6.92 Å². The Bertz CT molecular complexity index is 998. The number of anilines is 1. The van der Waals surface area contributed by atoms with Gasteiger partial charge in [-0.1, -0.05) is 29.8 Å². The van der Waals surface area contributed by atoms with Gasteiger partial charge in [0.1, 0.15) is 0 Å². The number of carbonyl (C=O) groups is 3. The fourth-order valence-corrected chi connectivity index (χ4v) is 3.59. The first-order valence-electron chi connectivity index (χ1n) is 8.65. The number of esters is 2. The Morgan fingerprint density at radius 1 is 1.00 bits per heavy atom. The highest BCUT2D eigenvalue weighted by Gasteiger charge is 2.18. The Kier molecular flexibility index (Phi) is 7.49. The van der Waals surface area contributed by atoms with E-state index in [9.17, 15) is 22.8 Å². The van der Waals surface area contributed by atoms with Crippen molar-refractivity contribution < 1.29 is 32.3 Å². The van der Waals surface area contributed by atoms with Crippen molar-refractivity contribution in [1.29, 1.82) is 0 Å². The Morgan fingerprint density at radius 2 is 1.66 bits per heavy atom. The molecule has 29 heavy (non-hydrogen) atoms. The molecule has 0 spiro atoms. The minimum Gasteiger partial charge on any atom is -0.465 e. The highest BCUT2D eigenvalue weighted by atomic mass is 32.2. The minimum atomic E-state index is -3.63. The minimum absolute atomic E-state index is 0.119. The van der Waals surface area contributed by atoms with Crippen molar-refractivity contribution >= 4 is 33.4 Å². The highest BCUT2D eigenvalue weighted by molar-refractivity contribution is 7.91. The van der Waals surface area contributed by atoms with Crippen LogP contribution in [-0.2, 0) is 28.9 Å². The Hall–Kier alpha value is -3.20. The third-order valence-corrected chi connectivity index (χ3v) is 5.66. The molecule has 0 aliphatic carbocycles. The summed E-state index contributed by atoms with van der Waals surface area (Å²) < 4.78 is 33.9. The second-order valence-corrected chi connectivity index (χ2v) is 8.24. The van der Waals surface area contributed by atoms with Crippen LogP contribution in [0.1, 0.15) is 22.3 Å². The first-order chi connectivity index (χ1) is 13.7. The number of benzene rings is 2. The molecule has 0 saturated heterocycles. The lowest BCUT2D eigenvalue weighted by molar-refractivity contribution is -0.146. The number of hydrogen-bond acceptors (Lipinski definition) is 7. The third kappa shape index (κ3) is 6.42. The van der Waals surface area contributed by atoms with Crippen LogP contribution >= 0.6 is 0 Å². The van der Waals surface area contributed by atoms with Gasteiger partial charge in [0, 0.05) is 0 Å². The van der Waals surface area contributed by atoms with Crippen LogP contribution in [0.15, 0.2) is 53.4 Å². The molecular formula is C20H21NO7S. The van der Waals surface area contributed by atoms with E-state index in [0.717, 1.165) is 5.56 Å². The lowest BCUT2D eigenvalue weighted by Crippen LogP contribution is -2.23. The number of ether oxygens (including phenoxy) is 2. The van der Waals surface area contributed by atoms with E-state index in [2.05, 4.69) is 10.1 Å². The topological polar surface area (TPSA) is 116 Å². The van der Waals surface area contributed by atoms with Crippen LogP contribution in [0.4, 0.5) is 5.69 Å².